The van der Waals surface area contributed by atoms with E-state index in [1.807, 2.05) is 31.2 Å². The molecule has 0 aromatic heterocycles. The molecule has 19 heavy (non-hydrogen) atoms. The Labute approximate surface area is 114 Å². The van der Waals surface area contributed by atoms with Gasteiger partial charge in [-0.25, -0.2) is 0 Å². The fourth-order valence-electron chi connectivity index (χ4n) is 2.96. The lowest BCUT2D eigenvalue weighted by Gasteiger charge is -2.33. The van der Waals surface area contributed by atoms with E-state index in [1.54, 1.807) is 0 Å². The maximum absolute atomic E-state index is 11.6. The first-order valence-corrected chi connectivity index (χ1v) is 7.11. The molecule has 3 nitrogen and oxygen atoms in total. The molecule has 0 atom stereocenters. The van der Waals surface area contributed by atoms with Crippen LogP contribution in [0.15, 0.2) is 24.3 Å². The summed E-state index contributed by atoms with van der Waals surface area (Å²) in [6.07, 6.45) is 5.46. The molecular weight excluding hydrogens is 240 g/mol. The molecule has 0 unspecified atom stereocenters. The first-order chi connectivity index (χ1) is 9.16. The SMILES string of the molecule is CCOc1ccc(CC2(C(=O)O)CCCCC2)cc1. The van der Waals surface area contributed by atoms with Gasteiger partial charge in [-0.05, 0) is 43.9 Å². The second-order valence-corrected chi connectivity index (χ2v) is 5.40. The summed E-state index contributed by atoms with van der Waals surface area (Å²) in [4.78, 5) is 11.6. The molecule has 0 aliphatic heterocycles. The molecule has 0 radical (unpaired) electrons. The van der Waals surface area contributed by atoms with Gasteiger partial charge in [0.05, 0.1) is 12.0 Å². The molecule has 3 heteroatoms. The van der Waals surface area contributed by atoms with Crippen LogP contribution in [0.3, 0.4) is 0 Å². The number of carbonyl (C=O) groups is 1. The molecule has 1 aromatic rings. The van der Waals surface area contributed by atoms with E-state index >= 15 is 0 Å². The summed E-state index contributed by atoms with van der Waals surface area (Å²) in [6.45, 7) is 2.60. The molecule has 104 valence electrons. The molecule has 1 N–H and O–H groups in total. The van der Waals surface area contributed by atoms with E-state index in [1.165, 1.54) is 0 Å². The van der Waals surface area contributed by atoms with Gasteiger partial charge >= 0.3 is 5.97 Å². The monoisotopic (exact) mass is 262 g/mol. The fraction of sp³-hybridized carbons (Fsp3) is 0.562. The average molecular weight is 262 g/mol. The van der Waals surface area contributed by atoms with Crippen molar-refractivity contribution in [3.8, 4) is 5.75 Å². The van der Waals surface area contributed by atoms with Crippen molar-refractivity contribution < 1.29 is 14.6 Å². The molecule has 1 saturated carbocycles. The summed E-state index contributed by atoms with van der Waals surface area (Å²) in [5.74, 6) is 0.209. The van der Waals surface area contributed by atoms with Gasteiger partial charge in [0, 0.05) is 0 Å². The molecule has 1 aromatic carbocycles. The maximum Gasteiger partial charge on any atom is 0.309 e. The van der Waals surface area contributed by atoms with Gasteiger partial charge < -0.3 is 9.84 Å². The van der Waals surface area contributed by atoms with Crippen molar-refractivity contribution >= 4 is 5.97 Å². The summed E-state index contributed by atoms with van der Waals surface area (Å²) in [5.41, 5.74) is 0.540. The number of rotatable bonds is 5. The van der Waals surface area contributed by atoms with Crippen molar-refractivity contribution in [2.75, 3.05) is 6.61 Å². The zero-order valence-electron chi connectivity index (χ0n) is 11.5. The first-order valence-electron chi connectivity index (χ1n) is 7.11. The molecule has 0 saturated heterocycles. The Hall–Kier alpha value is -1.51. The topological polar surface area (TPSA) is 46.5 Å². The summed E-state index contributed by atoms with van der Waals surface area (Å²) >= 11 is 0. The quantitative estimate of drug-likeness (QED) is 0.880. The van der Waals surface area contributed by atoms with Gasteiger partial charge in [0.2, 0.25) is 0 Å². The van der Waals surface area contributed by atoms with E-state index < -0.39 is 11.4 Å². The van der Waals surface area contributed by atoms with Crippen LogP contribution in [0.5, 0.6) is 5.75 Å². The number of carboxylic acids is 1. The van der Waals surface area contributed by atoms with Crippen LogP contribution in [0.2, 0.25) is 0 Å². The van der Waals surface area contributed by atoms with Crippen molar-refractivity contribution in [1.82, 2.24) is 0 Å². The molecule has 1 aliphatic carbocycles. The third-order valence-corrected chi connectivity index (χ3v) is 4.04. The van der Waals surface area contributed by atoms with Crippen LogP contribution in [0, 0.1) is 5.41 Å². The highest BCUT2D eigenvalue weighted by atomic mass is 16.5. The minimum absolute atomic E-state index is 0.550. The molecular formula is C16H22O3. The minimum atomic E-state index is -0.638. The van der Waals surface area contributed by atoms with E-state index in [9.17, 15) is 9.90 Å². The highest BCUT2D eigenvalue weighted by Gasteiger charge is 2.39. The minimum Gasteiger partial charge on any atom is -0.494 e. The van der Waals surface area contributed by atoms with Crippen LogP contribution < -0.4 is 4.74 Å². The average Bonchev–Trinajstić information content (AvgIpc) is 2.42. The van der Waals surface area contributed by atoms with Crippen molar-refractivity contribution in [2.24, 2.45) is 5.41 Å². The third kappa shape index (κ3) is 3.28. The Morgan fingerprint density at radius 2 is 1.84 bits per heavy atom. The molecule has 1 aliphatic rings. The maximum atomic E-state index is 11.6. The zero-order valence-corrected chi connectivity index (χ0v) is 11.5. The van der Waals surface area contributed by atoms with Crippen LogP contribution in [0.1, 0.15) is 44.6 Å². The molecule has 0 bridgehead atoms. The second-order valence-electron chi connectivity index (χ2n) is 5.40. The summed E-state index contributed by atoms with van der Waals surface area (Å²) in [5, 5.41) is 9.56. The Balaban J connectivity index is 2.10. The van der Waals surface area contributed by atoms with E-state index in [4.69, 9.17) is 4.74 Å². The molecule has 0 heterocycles. The number of ether oxygens (including phenoxy) is 1. The normalized spacial score (nSPS) is 17.9. The van der Waals surface area contributed by atoms with E-state index in [-0.39, 0.29) is 0 Å². The standard InChI is InChI=1S/C16H22O3/c1-2-19-14-8-6-13(7-9-14)12-16(15(17)18)10-4-3-5-11-16/h6-9H,2-5,10-12H2,1H3,(H,17,18). The van der Waals surface area contributed by atoms with Crippen LogP contribution >= 0.6 is 0 Å². The Kier molecular flexibility index (Phi) is 4.46. The second kappa shape index (κ2) is 6.09. The molecule has 0 amide bonds. The van der Waals surface area contributed by atoms with Crippen molar-refractivity contribution in [2.45, 2.75) is 45.4 Å². The summed E-state index contributed by atoms with van der Waals surface area (Å²) in [6, 6.07) is 7.84. The lowest BCUT2D eigenvalue weighted by molar-refractivity contribution is -0.151. The molecule has 1 fully saturated rings. The van der Waals surface area contributed by atoms with Gasteiger partial charge in [0.1, 0.15) is 5.75 Å². The van der Waals surface area contributed by atoms with Gasteiger partial charge in [-0.1, -0.05) is 31.4 Å². The van der Waals surface area contributed by atoms with Crippen LogP contribution in [0.25, 0.3) is 0 Å². The smallest absolute Gasteiger partial charge is 0.309 e. The summed E-state index contributed by atoms with van der Waals surface area (Å²) < 4.78 is 5.41. The lowest BCUT2D eigenvalue weighted by Crippen LogP contribution is -2.35. The van der Waals surface area contributed by atoms with Gasteiger partial charge in [-0.15, -0.1) is 0 Å². The van der Waals surface area contributed by atoms with Crippen molar-refractivity contribution in [3.05, 3.63) is 29.8 Å². The highest BCUT2D eigenvalue weighted by molar-refractivity contribution is 5.75. The van der Waals surface area contributed by atoms with Gasteiger partial charge in [-0.2, -0.15) is 0 Å². The molecule has 2 rings (SSSR count). The van der Waals surface area contributed by atoms with E-state index in [2.05, 4.69) is 0 Å². The van der Waals surface area contributed by atoms with Gasteiger partial charge in [-0.3, -0.25) is 4.79 Å². The van der Waals surface area contributed by atoms with E-state index in [0.717, 1.165) is 43.4 Å². The fourth-order valence-corrected chi connectivity index (χ4v) is 2.96. The number of carboxylic acid groups (broad SMARTS) is 1. The first kappa shape index (κ1) is 13.9. The van der Waals surface area contributed by atoms with Crippen LogP contribution in [-0.4, -0.2) is 17.7 Å². The van der Waals surface area contributed by atoms with Gasteiger partial charge in [0.25, 0.3) is 0 Å². The lowest BCUT2D eigenvalue weighted by atomic mass is 9.70. The highest BCUT2D eigenvalue weighted by Crippen LogP contribution is 2.39. The number of aliphatic carboxylic acids is 1. The Bertz CT molecular complexity index is 416. The molecule has 0 spiro atoms. The van der Waals surface area contributed by atoms with Crippen molar-refractivity contribution in [1.29, 1.82) is 0 Å². The number of hydrogen-bond donors (Lipinski definition) is 1. The number of hydrogen-bond acceptors (Lipinski definition) is 2. The summed E-state index contributed by atoms with van der Waals surface area (Å²) in [7, 11) is 0. The van der Waals surface area contributed by atoms with E-state index in [0.29, 0.717) is 13.0 Å². The zero-order chi connectivity index (χ0) is 13.7. The van der Waals surface area contributed by atoms with Crippen LogP contribution in [0.4, 0.5) is 0 Å². The largest absolute Gasteiger partial charge is 0.494 e. The third-order valence-electron chi connectivity index (χ3n) is 4.04. The number of benzene rings is 1. The predicted molar refractivity (Wildman–Crippen MR) is 74.5 cm³/mol. The predicted octanol–water partition coefficient (Wildman–Crippen LogP) is 3.66. The Morgan fingerprint density at radius 3 is 2.37 bits per heavy atom. The van der Waals surface area contributed by atoms with Crippen LogP contribution in [-0.2, 0) is 11.2 Å². The van der Waals surface area contributed by atoms with Gasteiger partial charge in [0.15, 0.2) is 0 Å². The Morgan fingerprint density at radius 1 is 1.21 bits per heavy atom. The van der Waals surface area contributed by atoms with Crippen molar-refractivity contribution in [3.63, 3.8) is 0 Å².